The summed E-state index contributed by atoms with van der Waals surface area (Å²) in [6.45, 7) is 1.94. The van der Waals surface area contributed by atoms with E-state index in [1.54, 1.807) is 12.1 Å². The lowest BCUT2D eigenvalue weighted by molar-refractivity contribution is 0.318. The fourth-order valence-corrected chi connectivity index (χ4v) is 2.99. The minimum Gasteiger partial charge on any atom is -0.508 e. The summed E-state index contributed by atoms with van der Waals surface area (Å²) in [5.74, 6) is 0.256. The minimum absolute atomic E-state index is 0.0511. The molecule has 0 spiro atoms. The molecule has 0 amide bonds. The Bertz CT molecular complexity index is 959. The number of rotatable bonds is 4. The molecule has 0 bridgehead atoms. The number of amidine groups is 1. The Hall–Kier alpha value is -3.53. The van der Waals surface area contributed by atoms with Crippen LogP contribution in [0.1, 0.15) is 18.1 Å². The maximum atomic E-state index is 9.63. The second kappa shape index (κ2) is 7.57. The van der Waals surface area contributed by atoms with Crippen LogP contribution in [0.4, 0.5) is 0 Å². The summed E-state index contributed by atoms with van der Waals surface area (Å²) in [4.78, 5) is 0. The first-order valence-electron chi connectivity index (χ1n) is 8.27. The first kappa shape index (κ1) is 17.3. The van der Waals surface area contributed by atoms with Gasteiger partial charge in [-0.2, -0.15) is 0 Å². The molecule has 0 heterocycles. The fourth-order valence-electron chi connectivity index (χ4n) is 2.99. The second-order valence-electron chi connectivity index (χ2n) is 5.89. The smallest absolute Gasteiger partial charge is 0.170 e. The van der Waals surface area contributed by atoms with E-state index < -0.39 is 0 Å². The Morgan fingerprint density at radius 1 is 0.962 bits per heavy atom. The first-order valence-corrected chi connectivity index (χ1v) is 8.27. The van der Waals surface area contributed by atoms with Crippen molar-refractivity contribution in [3.8, 4) is 28.0 Å². The van der Waals surface area contributed by atoms with E-state index in [0.29, 0.717) is 5.56 Å². The lowest BCUT2D eigenvalue weighted by Gasteiger charge is -2.17. The molecule has 0 atom stereocenters. The Kier molecular flexibility index (Phi) is 5.04. The van der Waals surface area contributed by atoms with Gasteiger partial charge in [-0.1, -0.05) is 59.8 Å². The van der Waals surface area contributed by atoms with Gasteiger partial charge < -0.3 is 16.0 Å². The zero-order valence-electron chi connectivity index (χ0n) is 14.4. The molecule has 0 saturated heterocycles. The summed E-state index contributed by atoms with van der Waals surface area (Å²) in [7, 11) is 0. The highest BCUT2D eigenvalue weighted by Gasteiger charge is 2.16. The molecule has 130 valence electrons. The molecular formula is C22H20N2O2. The maximum Gasteiger partial charge on any atom is 0.170 e. The van der Waals surface area contributed by atoms with Crippen molar-refractivity contribution in [1.82, 2.24) is 0 Å². The average Bonchev–Trinajstić information content (AvgIpc) is 2.68. The molecule has 0 aliphatic carbocycles. The van der Waals surface area contributed by atoms with Gasteiger partial charge in [0.1, 0.15) is 5.75 Å². The standard InChI is InChI=1S/C22H20N2O2/c1-2-6-15-13-19(16-9-11-18(25)12-10-16)21(17-7-4-3-5-8-17)20(14-15)22(23)24-26/h2-14,25-26H,1H3,(H2,23,24). The number of hydrogen-bond donors (Lipinski definition) is 3. The number of allylic oxidation sites excluding steroid dienone is 1. The Morgan fingerprint density at radius 2 is 1.65 bits per heavy atom. The van der Waals surface area contributed by atoms with E-state index in [-0.39, 0.29) is 11.6 Å². The summed E-state index contributed by atoms with van der Waals surface area (Å²) >= 11 is 0. The molecule has 4 heteroatoms. The summed E-state index contributed by atoms with van der Waals surface area (Å²) in [5.41, 5.74) is 11.3. The van der Waals surface area contributed by atoms with Crippen LogP contribution in [0, 0.1) is 0 Å². The van der Waals surface area contributed by atoms with Crippen molar-refractivity contribution in [3.63, 3.8) is 0 Å². The highest BCUT2D eigenvalue weighted by atomic mass is 16.4. The quantitative estimate of drug-likeness (QED) is 0.274. The van der Waals surface area contributed by atoms with Crippen molar-refractivity contribution in [3.05, 3.63) is 83.9 Å². The number of phenolic OH excluding ortho intramolecular Hbond substituents is 1. The van der Waals surface area contributed by atoms with Gasteiger partial charge in [-0.05, 0) is 53.4 Å². The summed E-state index contributed by atoms with van der Waals surface area (Å²) in [6, 6.07) is 20.8. The van der Waals surface area contributed by atoms with Gasteiger partial charge in [0.05, 0.1) is 0 Å². The largest absolute Gasteiger partial charge is 0.508 e. The molecule has 3 aromatic rings. The molecule has 0 aromatic heterocycles. The van der Waals surface area contributed by atoms with E-state index in [0.717, 1.165) is 27.8 Å². The number of hydrogen-bond acceptors (Lipinski definition) is 3. The molecule has 3 rings (SSSR count). The van der Waals surface area contributed by atoms with E-state index in [2.05, 4.69) is 11.2 Å². The summed E-state index contributed by atoms with van der Waals surface area (Å²) < 4.78 is 0. The molecule has 0 saturated carbocycles. The van der Waals surface area contributed by atoms with Crippen molar-refractivity contribution >= 4 is 11.9 Å². The van der Waals surface area contributed by atoms with E-state index >= 15 is 0 Å². The van der Waals surface area contributed by atoms with Gasteiger partial charge in [-0.15, -0.1) is 0 Å². The van der Waals surface area contributed by atoms with Crippen LogP contribution in [0.2, 0.25) is 0 Å². The monoisotopic (exact) mass is 344 g/mol. The van der Waals surface area contributed by atoms with Crippen LogP contribution in [0.25, 0.3) is 28.3 Å². The molecule has 3 aromatic carbocycles. The number of nitrogens with two attached hydrogens (primary N) is 1. The first-order chi connectivity index (χ1) is 12.6. The predicted molar refractivity (Wildman–Crippen MR) is 106 cm³/mol. The normalized spacial score (nSPS) is 11.8. The topological polar surface area (TPSA) is 78.8 Å². The van der Waals surface area contributed by atoms with Crippen LogP contribution in [-0.2, 0) is 0 Å². The summed E-state index contributed by atoms with van der Waals surface area (Å²) in [5, 5.41) is 22.1. The molecule has 0 aliphatic rings. The van der Waals surface area contributed by atoms with Gasteiger partial charge in [-0.3, -0.25) is 0 Å². The van der Waals surface area contributed by atoms with Crippen LogP contribution in [0.15, 0.2) is 78.0 Å². The molecule has 0 radical (unpaired) electrons. The highest BCUT2D eigenvalue weighted by molar-refractivity contribution is 6.07. The third-order valence-electron chi connectivity index (χ3n) is 4.14. The molecule has 4 N–H and O–H groups in total. The van der Waals surface area contributed by atoms with Crippen LogP contribution in [0.5, 0.6) is 5.75 Å². The zero-order valence-corrected chi connectivity index (χ0v) is 14.4. The van der Waals surface area contributed by atoms with Gasteiger partial charge in [0.15, 0.2) is 5.84 Å². The van der Waals surface area contributed by atoms with Gasteiger partial charge in [0.25, 0.3) is 0 Å². The van der Waals surface area contributed by atoms with Crippen molar-refractivity contribution in [2.75, 3.05) is 0 Å². The third kappa shape index (κ3) is 3.44. The number of nitrogens with zero attached hydrogens (tertiary/aromatic N) is 1. The lowest BCUT2D eigenvalue weighted by atomic mass is 9.88. The van der Waals surface area contributed by atoms with Crippen LogP contribution in [0.3, 0.4) is 0 Å². The number of aromatic hydroxyl groups is 1. The van der Waals surface area contributed by atoms with Gasteiger partial charge in [0, 0.05) is 11.1 Å². The van der Waals surface area contributed by atoms with Crippen molar-refractivity contribution in [1.29, 1.82) is 0 Å². The van der Waals surface area contributed by atoms with Crippen LogP contribution >= 0.6 is 0 Å². The summed E-state index contributed by atoms with van der Waals surface area (Å²) in [6.07, 6.45) is 3.90. The van der Waals surface area contributed by atoms with Gasteiger partial charge in [0.2, 0.25) is 0 Å². The molecule has 4 nitrogen and oxygen atoms in total. The highest BCUT2D eigenvalue weighted by Crippen LogP contribution is 2.37. The SMILES string of the molecule is CC=Cc1cc(C(N)=NO)c(-c2ccccc2)c(-c2ccc(O)cc2)c1. The van der Waals surface area contributed by atoms with Gasteiger partial charge >= 0.3 is 0 Å². The molecule has 26 heavy (non-hydrogen) atoms. The number of phenols is 1. The number of benzene rings is 3. The lowest BCUT2D eigenvalue weighted by Crippen LogP contribution is -2.15. The van der Waals surface area contributed by atoms with Crippen molar-refractivity contribution in [2.24, 2.45) is 10.9 Å². The maximum absolute atomic E-state index is 9.63. The third-order valence-corrected chi connectivity index (χ3v) is 4.14. The average molecular weight is 344 g/mol. The molecule has 0 fully saturated rings. The van der Waals surface area contributed by atoms with E-state index in [1.807, 2.05) is 67.6 Å². The number of oxime groups is 1. The van der Waals surface area contributed by atoms with E-state index in [9.17, 15) is 10.3 Å². The fraction of sp³-hybridized carbons (Fsp3) is 0.0455. The Morgan fingerprint density at radius 3 is 2.27 bits per heavy atom. The van der Waals surface area contributed by atoms with E-state index in [1.165, 1.54) is 0 Å². The zero-order chi connectivity index (χ0) is 18.5. The van der Waals surface area contributed by atoms with Crippen LogP contribution < -0.4 is 5.73 Å². The molecule has 0 aliphatic heterocycles. The van der Waals surface area contributed by atoms with Crippen molar-refractivity contribution in [2.45, 2.75) is 6.92 Å². The minimum atomic E-state index is 0.0511. The van der Waals surface area contributed by atoms with E-state index in [4.69, 9.17) is 5.73 Å². The molecular weight excluding hydrogens is 324 g/mol. The second-order valence-corrected chi connectivity index (χ2v) is 5.89. The predicted octanol–water partition coefficient (Wildman–Crippen LogP) is 4.85. The molecule has 0 unspecified atom stereocenters. The Labute approximate surface area is 152 Å². The van der Waals surface area contributed by atoms with Gasteiger partial charge in [-0.25, -0.2) is 0 Å². The van der Waals surface area contributed by atoms with Crippen molar-refractivity contribution < 1.29 is 10.3 Å². The van der Waals surface area contributed by atoms with Crippen LogP contribution in [-0.4, -0.2) is 16.1 Å². The Balaban J connectivity index is 2.39.